The maximum absolute atomic E-state index is 13.7. The lowest BCUT2D eigenvalue weighted by Crippen LogP contribution is -2.51. The molecule has 0 bridgehead atoms. The Labute approximate surface area is 321 Å². The zero-order chi connectivity index (χ0) is 38.4. The standard InChI is InChI=1S/C43H49N7O5/c1-24(2)18-38(51)49-16-6-8-34(49)40-44-23-33(47-40)28-12-15-37-30(20-28)21-29-19-26(11-14-36(29)55-37)27-10-13-31-32(22-27)46-41(45-31)35-9-7-17-50(35)42(52)39(25(3)4)48-43(53)54-5/h10-15,19-20,22-25,34-35,39H,6-9,16-18,21H2,1-5H3,(H,44,47)(H,45,46)(H,48,53)/t34-,35-,39-/m0/s1. The van der Waals surface area contributed by atoms with Gasteiger partial charge in [0.2, 0.25) is 11.8 Å². The molecule has 12 heteroatoms. The van der Waals surface area contributed by atoms with E-state index in [0.717, 1.165) is 106 Å². The van der Waals surface area contributed by atoms with Crippen molar-refractivity contribution in [3.05, 3.63) is 83.6 Å². The molecule has 8 rings (SSSR count). The predicted molar refractivity (Wildman–Crippen MR) is 209 cm³/mol. The molecular weight excluding hydrogens is 695 g/mol. The zero-order valence-electron chi connectivity index (χ0n) is 32.1. The van der Waals surface area contributed by atoms with E-state index in [1.165, 1.54) is 7.11 Å². The number of hydrogen-bond donors (Lipinski definition) is 3. The predicted octanol–water partition coefficient (Wildman–Crippen LogP) is 8.07. The highest BCUT2D eigenvalue weighted by Gasteiger charge is 2.38. The first-order chi connectivity index (χ1) is 26.6. The third-order valence-electron chi connectivity index (χ3n) is 11.2. The normalized spacial score (nSPS) is 18.4. The summed E-state index contributed by atoms with van der Waals surface area (Å²) in [6, 6.07) is 17.9. The van der Waals surface area contributed by atoms with Crippen LogP contribution in [0.1, 0.15) is 94.7 Å². The summed E-state index contributed by atoms with van der Waals surface area (Å²) in [5, 5.41) is 2.72. The maximum Gasteiger partial charge on any atom is 0.407 e. The first-order valence-electron chi connectivity index (χ1n) is 19.5. The number of rotatable bonds is 9. The minimum absolute atomic E-state index is 0.0141. The van der Waals surface area contributed by atoms with Crippen molar-refractivity contribution in [1.29, 1.82) is 0 Å². The average molecular weight is 744 g/mol. The van der Waals surface area contributed by atoms with Crippen LogP contribution in [0.25, 0.3) is 33.4 Å². The molecule has 3 aromatic carbocycles. The molecule has 3 aliphatic rings. The van der Waals surface area contributed by atoms with Crippen LogP contribution < -0.4 is 10.1 Å². The summed E-state index contributed by atoms with van der Waals surface area (Å²) in [5.41, 5.74) is 7.99. The number of aromatic amines is 2. The smallest absolute Gasteiger partial charge is 0.407 e. The quantitative estimate of drug-likeness (QED) is 0.136. The van der Waals surface area contributed by atoms with Crippen LogP contribution in [0.4, 0.5) is 4.79 Å². The number of hydrogen-bond acceptors (Lipinski definition) is 7. The van der Waals surface area contributed by atoms with E-state index in [4.69, 9.17) is 19.4 Å². The number of methoxy groups -OCH3 is 1. The van der Waals surface area contributed by atoms with Gasteiger partial charge in [-0.25, -0.2) is 14.8 Å². The molecule has 0 unspecified atom stereocenters. The van der Waals surface area contributed by atoms with Gasteiger partial charge in [-0.05, 0) is 102 Å². The van der Waals surface area contributed by atoms with Gasteiger partial charge in [0.05, 0.1) is 42.1 Å². The monoisotopic (exact) mass is 743 g/mol. The fourth-order valence-electron chi connectivity index (χ4n) is 8.33. The van der Waals surface area contributed by atoms with Crippen molar-refractivity contribution in [3.63, 3.8) is 0 Å². The topological polar surface area (TPSA) is 146 Å². The molecular formula is C43H49N7O5. The minimum Gasteiger partial charge on any atom is -0.457 e. The Balaban J connectivity index is 0.993. The number of alkyl carbamates (subject to hydrolysis) is 1. The van der Waals surface area contributed by atoms with Crippen molar-refractivity contribution < 1.29 is 23.9 Å². The number of H-pyrrole nitrogens is 2. The van der Waals surface area contributed by atoms with Gasteiger partial charge < -0.3 is 34.6 Å². The van der Waals surface area contributed by atoms with Crippen LogP contribution in [0.2, 0.25) is 0 Å². The molecule has 2 aromatic heterocycles. The SMILES string of the molecule is COC(=O)N[C@H](C(=O)N1CCC[C@H]1c1nc2ccc(-c3ccc4c(c3)Cc3cc(-c5cnc([C@@H]6CCCN6C(=O)CC(C)C)[nH]5)ccc3O4)cc2[nH]1)C(C)C. The zero-order valence-corrected chi connectivity index (χ0v) is 32.1. The van der Waals surface area contributed by atoms with Gasteiger partial charge in [-0.2, -0.15) is 0 Å². The van der Waals surface area contributed by atoms with Gasteiger partial charge in [0.15, 0.2) is 0 Å². The first-order valence-corrected chi connectivity index (χ1v) is 19.5. The van der Waals surface area contributed by atoms with Crippen LogP contribution >= 0.6 is 0 Å². The van der Waals surface area contributed by atoms with E-state index in [-0.39, 0.29) is 29.8 Å². The number of ether oxygens (including phenoxy) is 2. The fraction of sp³-hybridized carbons (Fsp3) is 0.419. The van der Waals surface area contributed by atoms with Crippen molar-refractivity contribution >= 4 is 28.9 Å². The van der Waals surface area contributed by atoms with Crippen molar-refractivity contribution in [3.8, 4) is 33.9 Å². The van der Waals surface area contributed by atoms with E-state index in [1.54, 1.807) is 0 Å². The number of imidazole rings is 2. The Morgan fingerprint density at radius 1 is 0.855 bits per heavy atom. The number of nitrogens with one attached hydrogen (secondary N) is 3. The van der Waals surface area contributed by atoms with E-state index in [0.29, 0.717) is 18.9 Å². The molecule has 2 fully saturated rings. The van der Waals surface area contributed by atoms with Crippen LogP contribution in [0.5, 0.6) is 11.5 Å². The van der Waals surface area contributed by atoms with Gasteiger partial charge in [0.1, 0.15) is 29.2 Å². The van der Waals surface area contributed by atoms with Gasteiger partial charge >= 0.3 is 6.09 Å². The molecule has 0 radical (unpaired) electrons. The Morgan fingerprint density at radius 3 is 2.22 bits per heavy atom. The van der Waals surface area contributed by atoms with Gasteiger partial charge in [-0.1, -0.05) is 39.8 Å². The summed E-state index contributed by atoms with van der Waals surface area (Å²) in [5.74, 6) is 3.57. The molecule has 3 N–H and O–H groups in total. The maximum atomic E-state index is 13.7. The van der Waals surface area contributed by atoms with Crippen molar-refractivity contribution in [1.82, 2.24) is 35.1 Å². The fourth-order valence-corrected chi connectivity index (χ4v) is 8.33. The van der Waals surface area contributed by atoms with Gasteiger partial charge in [-0.15, -0.1) is 0 Å². The van der Waals surface area contributed by atoms with E-state index in [9.17, 15) is 14.4 Å². The summed E-state index contributed by atoms with van der Waals surface area (Å²) < 4.78 is 11.2. The van der Waals surface area contributed by atoms with Crippen molar-refractivity contribution in [2.45, 2.75) is 84.3 Å². The van der Waals surface area contributed by atoms with Crippen LogP contribution in [0, 0.1) is 11.8 Å². The molecule has 286 valence electrons. The Bertz CT molecular complexity index is 2260. The molecule has 5 aromatic rings. The molecule has 2 saturated heterocycles. The van der Waals surface area contributed by atoms with E-state index >= 15 is 0 Å². The largest absolute Gasteiger partial charge is 0.457 e. The second kappa shape index (κ2) is 14.9. The highest BCUT2D eigenvalue weighted by Crippen LogP contribution is 2.41. The number of carbonyl (C=O) groups excluding carboxylic acids is 3. The third-order valence-corrected chi connectivity index (χ3v) is 11.2. The minimum atomic E-state index is -0.686. The number of fused-ring (bicyclic) bond motifs is 3. The Hall–Kier alpha value is -5.65. The third kappa shape index (κ3) is 7.17. The number of carbonyl (C=O) groups is 3. The van der Waals surface area contributed by atoms with E-state index < -0.39 is 12.1 Å². The highest BCUT2D eigenvalue weighted by atomic mass is 16.5. The molecule has 3 atom stereocenters. The second-order valence-electron chi connectivity index (χ2n) is 15.9. The lowest BCUT2D eigenvalue weighted by molar-refractivity contribution is -0.135. The molecule has 0 aliphatic carbocycles. The van der Waals surface area contributed by atoms with Crippen molar-refractivity contribution in [2.24, 2.45) is 11.8 Å². The molecule has 0 spiro atoms. The summed E-state index contributed by atoms with van der Waals surface area (Å²) >= 11 is 0. The number of likely N-dealkylation sites (tertiary alicyclic amines) is 2. The summed E-state index contributed by atoms with van der Waals surface area (Å²) in [6.45, 7) is 9.36. The second-order valence-corrected chi connectivity index (χ2v) is 15.9. The lowest BCUT2D eigenvalue weighted by atomic mass is 9.94. The summed E-state index contributed by atoms with van der Waals surface area (Å²) in [7, 11) is 1.30. The van der Waals surface area contributed by atoms with Crippen LogP contribution in [0.3, 0.4) is 0 Å². The summed E-state index contributed by atoms with van der Waals surface area (Å²) in [6.07, 6.45) is 6.07. The van der Waals surface area contributed by atoms with Crippen LogP contribution in [-0.2, 0) is 20.7 Å². The number of benzene rings is 3. The number of aromatic nitrogens is 4. The Kier molecular flexibility index (Phi) is 9.83. The summed E-state index contributed by atoms with van der Waals surface area (Å²) in [4.78, 5) is 59.1. The number of nitrogens with zero attached hydrogens (tertiary/aromatic N) is 4. The van der Waals surface area contributed by atoms with E-state index in [2.05, 4.69) is 65.5 Å². The molecule has 0 saturated carbocycles. The first kappa shape index (κ1) is 36.3. The molecule has 3 aliphatic heterocycles. The van der Waals surface area contributed by atoms with Crippen LogP contribution in [0.15, 0.2) is 60.8 Å². The molecule has 55 heavy (non-hydrogen) atoms. The van der Waals surface area contributed by atoms with E-state index in [1.807, 2.05) is 48.0 Å². The van der Waals surface area contributed by atoms with Gasteiger partial charge in [0, 0.05) is 31.5 Å². The van der Waals surface area contributed by atoms with Gasteiger partial charge in [-0.3, -0.25) is 9.59 Å². The van der Waals surface area contributed by atoms with Crippen molar-refractivity contribution in [2.75, 3.05) is 20.2 Å². The number of amides is 3. The molecule has 12 nitrogen and oxygen atoms in total. The average Bonchev–Trinajstić information content (AvgIpc) is 4.00. The highest BCUT2D eigenvalue weighted by molar-refractivity contribution is 5.87. The lowest BCUT2D eigenvalue weighted by Gasteiger charge is -2.29. The Morgan fingerprint density at radius 2 is 1.51 bits per heavy atom. The van der Waals surface area contributed by atoms with Crippen LogP contribution in [-0.4, -0.2) is 73.9 Å². The van der Waals surface area contributed by atoms with Gasteiger partial charge in [0.25, 0.3) is 0 Å². The molecule has 5 heterocycles. The molecule has 3 amide bonds.